The number of aryl methyl sites for hydroxylation is 1. The van der Waals surface area contributed by atoms with Gasteiger partial charge < -0.3 is 0 Å². The van der Waals surface area contributed by atoms with Crippen molar-refractivity contribution in [2.75, 3.05) is 0 Å². The summed E-state index contributed by atoms with van der Waals surface area (Å²) in [5.74, 6) is -1.17. The highest BCUT2D eigenvalue weighted by Gasteiger charge is 2.41. The van der Waals surface area contributed by atoms with Crippen LogP contribution in [-0.4, -0.2) is 16.6 Å². The molecule has 1 fully saturated rings. The zero-order chi connectivity index (χ0) is 12.7. The molecule has 2 atom stereocenters. The maximum absolute atomic E-state index is 11.7. The normalized spacial score (nSPS) is 24.0. The number of benzene rings is 1. The van der Waals surface area contributed by atoms with Crippen molar-refractivity contribution in [2.45, 2.75) is 17.7 Å². The highest BCUT2D eigenvalue weighted by Crippen LogP contribution is 2.37. The van der Waals surface area contributed by atoms with Crippen molar-refractivity contribution in [1.29, 1.82) is 0 Å². The number of hydrogen-bond acceptors (Lipinski definition) is 2. The maximum atomic E-state index is 11.7. The minimum absolute atomic E-state index is 0.308. The van der Waals surface area contributed by atoms with Crippen LogP contribution in [-0.2, 0) is 9.59 Å². The summed E-state index contributed by atoms with van der Waals surface area (Å²) in [7, 11) is 0. The van der Waals surface area contributed by atoms with Gasteiger partial charge in [0.1, 0.15) is 4.83 Å². The first-order chi connectivity index (χ1) is 7.91. The van der Waals surface area contributed by atoms with E-state index in [9.17, 15) is 9.59 Å². The number of carbonyl (C=O) groups is 2. The summed E-state index contributed by atoms with van der Waals surface area (Å²) in [6, 6.07) is 3.56. The first-order valence-electron chi connectivity index (χ1n) is 4.86. The van der Waals surface area contributed by atoms with Gasteiger partial charge in [-0.1, -0.05) is 43.5 Å². The van der Waals surface area contributed by atoms with Crippen molar-refractivity contribution in [3.63, 3.8) is 0 Å². The minimum Gasteiger partial charge on any atom is -0.295 e. The van der Waals surface area contributed by atoms with Gasteiger partial charge in [-0.2, -0.15) is 0 Å². The third-order valence-electron chi connectivity index (χ3n) is 2.69. The predicted octanol–water partition coefficient (Wildman–Crippen LogP) is 2.91. The number of amides is 2. The van der Waals surface area contributed by atoms with Gasteiger partial charge in [0.15, 0.2) is 0 Å². The molecule has 0 spiro atoms. The summed E-state index contributed by atoms with van der Waals surface area (Å²) in [5.41, 5.74) is 1.63. The van der Waals surface area contributed by atoms with E-state index < -0.39 is 10.7 Å². The second-order valence-corrected chi connectivity index (χ2v) is 6.10. The Morgan fingerprint density at radius 2 is 1.94 bits per heavy atom. The van der Waals surface area contributed by atoms with E-state index in [4.69, 9.17) is 11.6 Å². The zero-order valence-electron chi connectivity index (χ0n) is 8.76. The van der Waals surface area contributed by atoms with Crippen LogP contribution < -0.4 is 5.32 Å². The Morgan fingerprint density at radius 1 is 1.29 bits per heavy atom. The smallest absolute Gasteiger partial charge is 0.241 e. The molecule has 1 aliphatic rings. The van der Waals surface area contributed by atoms with E-state index in [-0.39, 0.29) is 11.8 Å². The number of halogens is 3. The third kappa shape index (κ3) is 2.28. The van der Waals surface area contributed by atoms with Crippen molar-refractivity contribution in [3.8, 4) is 0 Å². The fourth-order valence-corrected chi connectivity index (χ4v) is 3.27. The van der Waals surface area contributed by atoms with Crippen LogP contribution in [0.5, 0.6) is 0 Å². The monoisotopic (exact) mass is 379 g/mol. The fourth-order valence-electron chi connectivity index (χ4n) is 1.75. The second kappa shape index (κ2) is 4.71. The molecule has 2 unspecified atom stereocenters. The van der Waals surface area contributed by atoms with Gasteiger partial charge in [-0.05, 0) is 30.2 Å². The van der Waals surface area contributed by atoms with Gasteiger partial charge >= 0.3 is 0 Å². The summed E-state index contributed by atoms with van der Waals surface area (Å²) < 4.78 is 0.777. The molecule has 0 bridgehead atoms. The molecule has 2 amide bonds. The fraction of sp³-hybridized carbons (Fsp3) is 0.273. The van der Waals surface area contributed by atoms with Crippen molar-refractivity contribution >= 4 is 55.3 Å². The van der Waals surface area contributed by atoms with Crippen LogP contribution in [0.15, 0.2) is 16.6 Å². The van der Waals surface area contributed by atoms with Crippen LogP contribution >= 0.6 is 43.5 Å². The van der Waals surface area contributed by atoms with Gasteiger partial charge in [0.05, 0.1) is 5.92 Å². The molecular formula is C11H8Br2ClNO2. The quantitative estimate of drug-likeness (QED) is 0.601. The largest absolute Gasteiger partial charge is 0.295 e. The van der Waals surface area contributed by atoms with Crippen molar-refractivity contribution in [3.05, 3.63) is 32.8 Å². The number of nitrogens with one attached hydrogen (secondary N) is 1. The molecule has 1 aliphatic heterocycles. The molecule has 0 aromatic heterocycles. The van der Waals surface area contributed by atoms with Gasteiger partial charge in [-0.25, -0.2) is 0 Å². The van der Waals surface area contributed by atoms with Crippen LogP contribution in [0.4, 0.5) is 0 Å². The van der Waals surface area contributed by atoms with E-state index in [0.717, 1.165) is 10.0 Å². The lowest BCUT2D eigenvalue weighted by molar-refractivity contribution is -0.125. The van der Waals surface area contributed by atoms with Gasteiger partial charge in [-0.3, -0.25) is 14.9 Å². The number of carbonyl (C=O) groups excluding carboxylic acids is 2. The Morgan fingerprint density at radius 3 is 2.47 bits per heavy atom. The second-order valence-electron chi connectivity index (χ2n) is 3.86. The zero-order valence-corrected chi connectivity index (χ0v) is 12.7. The SMILES string of the molecule is Cc1cc(Br)c(C2C(=O)NC(=O)C2Br)cc1Cl. The Bertz CT molecular complexity index is 518. The molecule has 17 heavy (non-hydrogen) atoms. The van der Waals surface area contributed by atoms with Crippen molar-refractivity contribution in [1.82, 2.24) is 5.32 Å². The van der Waals surface area contributed by atoms with Crippen LogP contribution in [0.1, 0.15) is 17.0 Å². The summed E-state index contributed by atoms with van der Waals surface area (Å²) in [6.07, 6.45) is 0. The molecule has 90 valence electrons. The molecule has 1 saturated heterocycles. The van der Waals surface area contributed by atoms with Gasteiger partial charge in [0, 0.05) is 9.50 Å². The summed E-state index contributed by atoms with van der Waals surface area (Å²) in [6.45, 7) is 1.88. The first-order valence-corrected chi connectivity index (χ1v) is 6.95. The topological polar surface area (TPSA) is 46.2 Å². The maximum Gasteiger partial charge on any atom is 0.241 e. The Kier molecular flexibility index (Phi) is 3.61. The molecule has 0 saturated carbocycles. The summed E-state index contributed by atoms with van der Waals surface area (Å²) in [4.78, 5) is 22.6. The lowest BCUT2D eigenvalue weighted by atomic mass is 9.96. The lowest BCUT2D eigenvalue weighted by Crippen LogP contribution is -2.22. The molecule has 6 heteroatoms. The lowest BCUT2D eigenvalue weighted by Gasteiger charge is -2.14. The molecule has 1 N–H and O–H groups in total. The standard InChI is InChI=1S/C11H8Br2ClNO2/c1-4-2-6(12)5(3-7(4)14)8-9(13)11(17)15-10(8)16/h2-3,8-9H,1H3,(H,15,16,17). The molecule has 0 radical (unpaired) electrons. The van der Waals surface area contributed by atoms with E-state index in [2.05, 4.69) is 37.2 Å². The number of imide groups is 1. The Hall–Kier alpha value is -0.390. The van der Waals surface area contributed by atoms with Gasteiger partial charge in [0.25, 0.3) is 0 Å². The molecule has 3 nitrogen and oxygen atoms in total. The van der Waals surface area contributed by atoms with Gasteiger partial charge in [-0.15, -0.1) is 0 Å². The number of alkyl halides is 1. The average molecular weight is 381 g/mol. The number of hydrogen-bond donors (Lipinski definition) is 1. The minimum atomic E-state index is -0.551. The van der Waals surface area contributed by atoms with Crippen LogP contribution in [0.3, 0.4) is 0 Å². The molecule has 0 aliphatic carbocycles. The van der Waals surface area contributed by atoms with E-state index in [1.54, 1.807) is 6.07 Å². The van der Waals surface area contributed by atoms with Crippen LogP contribution in [0.25, 0.3) is 0 Å². The summed E-state index contributed by atoms with van der Waals surface area (Å²) >= 11 is 12.7. The van der Waals surface area contributed by atoms with E-state index in [1.165, 1.54) is 0 Å². The Labute approximate surface area is 120 Å². The van der Waals surface area contributed by atoms with Crippen LogP contribution in [0.2, 0.25) is 5.02 Å². The molecule has 1 heterocycles. The average Bonchev–Trinajstić information content (AvgIpc) is 2.48. The molecule has 2 rings (SSSR count). The van der Waals surface area contributed by atoms with Crippen LogP contribution in [0, 0.1) is 6.92 Å². The molecule has 1 aromatic carbocycles. The predicted molar refractivity (Wildman–Crippen MR) is 72.5 cm³/mol. The summed E-state index contributed by atoms with van der Waals surface area (Å²) in [5, 5.41) is 2.87. The molecular weight excluding hydrogens is 373 g/mol. The van der Waals surface area contributed by atoms with Gasteiger partial charge in [0.2, 0.25) is 11.8 Å². The van der Waals surface area contributed by atoms with E-state index >= 15 is 0 Å². The van der Waals surface area contributed by atoms with Crippen molar-refractivity contribution < 1.29 is 9.59 Å². The highest BCUT2D eigenvalue weighted by molar-refractivity contribution is 9.10. The first kappa shape index (κ1) is 13.1. The highest BCUT2D eigenvalue weighted by atomic mass is 79.9. The van der Waals surface area contributed by atoms with E-state index in [1.807, 2.05) is 13.0 Å². The Balaban J connectivity index is 2.51. The molecule has 1 aromatic rings. The van der Waals surface area contributed by atoms with E-state index in [0.29, 0.717) is 10.6 Å². The van der Waals surface area contributed by atoms with Crippen molar-refractivity contribution in [2.24, 2.45) is 0 Å². The number of rotatable bonds is 1. The third-order valence-corrected chi connectivity index (χ3v) is 4.72.